The van der Waals surface area contributed by atoms with Crippen LogP contribution in [0.25, 0.3) is 0 Å². The van der Waals surface area contributed by atoms with Crippen LogP contribution in [-0.2, 0) is 0 Å². The fraction of sp³-hybridized carbons (Fsp3) is 0.583. The van der Waals surface area contributed by atoms with E-state index in [1.165, 1.54) is 12.8 Å². The molecule has 1 unspecified atom stereocenters. The van der Waals surface area contributed by atoms with Gasteiger partial charge in [0.05, 0.1) is 4.47 Å². The number of aromatic nitrogens is 1. The molecule has 1 aromatic rings. The lowest BCUT2D eigenvalue weighted by Crippen LogP contribution is -2.18. The Labute approximate surface area is 120 Å². The minimum absolute atomic E-state index is 0.627. The van der Waals surface area contributed by atoms with Gasteiger partial charge in [-0.2, -0.15) is 0 Å². The van der Waals surface area contributed by atoms with Crippen LogP contribution >= 0.6 is 31.9 Å². The first-order valence-electron chi connectivity index (χ1n) is 5.92. The van der Waals surface area contributed by atoms with Crippen LogP contribution in [0, 0.1) is 5.92 Å². The monoisotopic (exact) mass is 363 g/mol. The molecule has 1 rings (SSSR count). The molecule has 1 aromatic heterocycles. The van der Waals surface area contributed by atoms with Crippen molar-refractivity contribution in [1.82, 2.24) is 4.98 Å². The summed E-state index contributed by atoms with van der Waals surface area (Å²) in [6.45, 7) is 3.89. The van der Waals surface area contributed by atoms with Gasteiger partial charge in [0.25, 0.3) is 0 Å². The third-order valence-corrected chi connectivity index (χ3v) is 3.68. The summed E-state index contributed by atoms with van der Waals surface area (Å²) in [4.78, 5) is 4.33. The molecule has 1 atom stereocenters. The van der Waals surface area contributed by atoms with E-state index in [4.69, 9.17) is 5.73 Å². The molecule has 0 bridgehead atoms. The van der Waals surface area contributed by atoms with E-state index >= 15 is 0 Å². The number of nitrogens with zero attached hydrogens (tertiary/aromatic N) is 1. The van der Waals surface area contributed by atoms with Crippen LogP contribution in [0.3, 0.4) is 0 Å². The van der Waals surface area contributed by atoms with Gasteiger partial charge >= 0.3 is 0 Å². The normalized spacial score (nSPS) is 12.5. The fourth-order valence-corrected chi connectivity index (χ4v) is 2.91. The Morgan fingerprint density at radius 2 is 2.18 bits per heavy atom. The number of pyridine rings is 1. The van der Waals surface area contributed by atoms with Gasteiger partial charge in [-0.15, -0.1) is 0 Å². The van der Waals surface area contributed by atoms with Crippen molar-refractivity contribution >= 4 is 37.7 Å². The van der Waals surface area contributed by atoms with Crippen molar-refractivity contribution in [3.63, 3.8) is 0 Å². The molecule has 0 fully saturated rings. The smallest absolute Gasteiger partial charge is 0.140 e. The van der Waals surface area contributed by atoms with Crippen molar-refractivity contribution in [2.45, 2.75) is 26.2 Å². The number of hydrogen-bond donors (Lipinski definition) is 2. The predicted octanol–water partition coefficient (Wildman–Crippen LogP) is 3.78. The molecule has 1 heterocycles. The van der Waals surface area contributed by atoms with Crippen molar-refractivity contribution in [2.75, 3.05) is 18.4 Å². The highest BCUT2D eigenvalue weighted by Gasteiger charge is 2.08. The third kappa shape index (κ3) is 5.36. The van der Waals surface area contributed by atoms with Gasteiger partial charge in [-0.3, -0.25) is 0 Å². The zero-order valence-electron chi connectivity index (χ0n) is 10.0. The van der Waals surface area contributed by atoms with Gasteiger partial charge in [0.1, 0.15) is 5.82 Å². The molecule has 0 aromatic carbocycles. The zero-order chi connectivity index (χ0) is 12.7. The molecule has 17 heavy (non-hydrogen) atoms. The lowest BCUT2D eigenvalue weighted by atomic mass is 10.00. The summed E-state index contributed by atoms with van der Waals surface area (Å²) in [5, 5.41) is 3.38. The van der Waals surface area contributed by atoms with Crippen molar-refractivity contribution < 1.29 is 0 Å². The predicted molar refractivity (Wildman–Crippen MR) is 80.2 cm³/mol. The molecule has 0 saturated heterocycles. The van der Waals surface area contributed by atoms with E-state index in [2.05, 4.69) is 49.1 Å². The summed E-state index contributed by atoms with van der Waals surface area (Å²) >= 11 is 6.88. The summed E-state index contributed by atoms with van der Waals surface area (Å²) in [7, 11) is 0. The number of nitrogens with two attached hydrogens (primary N) is 1. The van der Waals surface area contributed by atoms with Crippen molar-refractivity contribution in [2.24, 2.45) is 11.7 Å². The van der Waals surface area contributed by atoms with Gasteiger partial charge in [-0.25, -0.2) is 4.98 Å². The second-order valence-corrected chi connectivity index (χ2v) is 5.87. The van der Waals surface area contributed by atoms with Gasteiger partial charge in [0, 0.05) is 17.2 Å². The Hall–Kier alpha value is -0.130. The molecule has 0 aliphatic heterocycles. The minimum atomic E-state index is 0.627. The Kier molecular flexibility index (Phi) is 7.08. The van der Waals surface area contributed by atoms with E-state index in [1.54, 1.807) is 6.20 Å². The molecule has 0 spiro atoms. The van der Waals surface area contributed by atoms with Crippen LogP contribution in [0.5, 0.6) is 0 Å². The summed E-state index contributed by atoms with van der Waals surface area (Å²) in [6.07, 6.45) is 5.26. The lowest BCUT2D eigenvalue weighted by Gasteiger charge is -2.16. The third-order valence-electron chi connectivity index (χ3n) is 2.64. The molecule has 3 nitrogen and oxygen atoms in total. The Balaban J connectivity index is 2.52. The summed E-state index contributed by atoms with van der Waals surface area (Å²) in [6, 6.07) is 1.99. The van der Waals surface area contributed by atoms with Gasteiger partial charge in [-0.05, 0) is 63.2 Å². The zero-order valence-corrected chi connectivity index (χ0v) is 13.2. The fourth-order valence-electron chi connectivity index (χ4n) is 1.78. The molecule has 0 amide bonds. The average molecular weight is 365 g/mol. The van der Waals surface area contributed by atoms with Crippen LogP contribution in [-0.4, -0.2) is 18.1 Å². The highest BCUT2D eigenvalue weighted by molar-refractivity contribution is 9.11. The summed E-state index contributed by atoms with van der Waals surface area (Å²) < 4.78 is 1.96. The maximum Gasteiger partial charge on any atom is 0.140 e. The quantitative estimate of drug-likeness (QED) is 0.773. The van der Waals surface area contributed by atoms with Gasteiger partial charge in [0.15, 0.2) is 0 Å². The second-order valence-electron chi connectivity index (χ2n) is 4.10. The van der Waals surface area contributed by atoms with E-state index in [9.17, 15) is 0 Å². The summed E-state index contributed by atoms with van der Waals surface area (Å²) in [5.74, 6) is 1.52. The molecule has 3 N–H and O–H groups in total. The Morgan fingerprint density at radius 3 is 2.76 bits per heavy atom. The largest absolute Gasteiger partial charge is 0.369 e. The molecule has 0 saturated carbocycles. The van der Waals surface area contributed by atoms with E-state index < -0.39 is 0 Å². The standard InChI is InChI=1S/C12H19Br2N3/c1-2-3-9(4-5-15)7-16-12-11(14)6-10(13)8-17-12/h6,8-9H,2-5,7,15H2,1H3,(H,16,17). The van der Waals surface area contributed by atoms with E-state index in [0.29, 0.717) is 5.92 Å². The van der Waals surface area contributed by atoms with Gasteiger partial charge in [0.2, 0.25) is 0 Å². The Bertz CT molecular complexity index is 339. The highest BCUT2D eigenvalue weighted by Crippen LogP contribution is 2.24. The Morgan fingerprint density at radius 1 is 1.41 bits per heavy atom. The van der Waals surface area contributed by atoms with E-state index in [0.717, 1.165) is 34.3 Å². The van der Waals surface area contributed by atoms with Crippen LogP contribution in [0.2, 0.25) is 0 Å². The first-order valence-corrected chi connectivity index (χ1v) is 7.51. The molecule has 0 radical (unpaired) electrons. The maximum atomic E-state index is 5.62. The van der Waals surface area contributed by atoms with Crippen molar-refractivity contribution in [3.05, 3.63) is 21.2 Å². The second kappa shape index (κ2) is 8.06. The minimum Gasteiger partial charge on any atom is -0.369 e. The molecular weight excluding hydrogens is 346 g/mol. The molecule has 0 aliphatic carbocycles. The van der Waals surface area contributed by atoms with E-state index in [1.807, 2.05) is 6.07 Å². The highest BCUT2D eigenvalue weighted by atomic mass is 79.9. The van der Waals surface area contributed by atoms with Crippen LogP contribution in [0.15, 0.2) is 21.2 Å². The van der Waals surface area contributed by atoms with Crippen molar-refractivity contribution in [3.8, 4) is 0 Å². The van der Waals surface area contributed by atoms with E-state index in [-0.39, 0.29) is 0 Å². The topological polar surface area (TPSA) is 50.9 Å². The van der Waals surface area contributed by atoms with Crippen LogP contribution < -0.4 is 11.1 Å². The molecule has 96 valence electrons. The lowest BCUT2D eigenvalue weighted by molar-refractivity contribution is 0.473. The SMILES string of the molecule is CCCC(CCN)CNc1ncc(Br)cc1Br. The average Bonchev–Trinajstić information content (AvgIpc) is 2.28. The first kappa shape index (κ1) is 14.9. The van der Waals surface area contributed by atoms with Gasteiger partial charge < -0.3 is 11.1 Å². The summed E-state index contributed by atoms with van der Waals surface area (Å²) in [5.41, 5.74) is 5.62. The molecule has 5 heteroatoms. The number of halogens is 2. The first-order chi connectivity index (χ1) is 8.17. The number of nitrogens with one attached hydrogen (secondary N) is 1. The number of rotatable bonds is 7. The maximum absolute atomic E-state index is 5.62. The van der Waals surface area contributed by atoms with Crippen molar-refractivity contribution in [1.29, 1.82) is 0 Å². The number of hydrogen-bond acceptors (Lipinski definition) is 3. The van der Waals surface area contributed by atoms with Crippen LogP contribution in [0.1, 0.15) is 26.2 Å². The van der Waals surface area contributed by atoms with Crippen LogP contribution in [0.4, 0.5) is 5.82 Å². The number of anilines is 1. The molecular formula is C12H19Br2N3. The molecule has 0 aliphatic rings. The van der Waals surface area contributed by atoms with Gasteiger partial charge in [-0.1, -0.05) is 13.3 Å².